The van der Waals surface area contributed by atoms with Gasteiger partial charge in [-0.25, -0.2) is 0 Å². The average Bonchev–Trinajstić information content (AvgIpc) is 3.55. The van der Waals surface area contributed by atoms with E-state index in [0.717, 1.165) is 75.7 Å². The van der Waals surface area contributed by atoms with E-state index in [0.29, 0.717) is 25.7 Å². The van der Waals surface area contributed by atoms with Crippen molar-refractivity contribution in [3.05, 3.63) is 59.5 Å². The molecule has 188 valence electrons. The Bertz CT molecular complexity index is 989. The van der Waals surface area contributed by atoms with Gasteiger partial charge in [0.15, 0.2) is 0 Å². The van der Waals surface area contributed by atoms with E-state index in [1.807, 2.05) is 19.2 Å². The maximum Gasteiger partial charge on any atom is 0.216 e. The van der Waals surface area contributed by atoms with Crippen molar-refractivity contribution >= 4 is 11.4 Å². The summed E-state index contributed by atoms with van der Waals surface area (Å²) in [6.45, 7) is 6.05. The van der Waals surface area contributed by atoms with E-state index in [-0.39, 0.29) is 6.29 Å². The zero-order valence-corrected chi connectivity index (χ0v) is 20.7. The zero-order valence-electron chi connectivity index (χ0n) is 20.7. The lowest BCUT2D eigenvalue weighted by molar-refractivity contribution is 0.0372. The fourth-order valence-electron chi connectivity index (χ4n) is 4.79. The number of ether oxygens (including phenoxy) is 3. The van der Waals surface area contributed by atoms with Crippen LogP contribution in [-0.2, 0) is 14.2 Å². The third kappa shape index (κ3) is 6.51. The number of allylic oxidation sites excluding steroid dienone is 5. The number of para-hydroxylation sites is 2. The van der Waals surface area contributed by atoms with Crippen molar-refractivity contribution in [1.82, 2.24) is 4.90 Å². The first-order chi connectivity index (χ1) is 17.3. The van der Waals surface area contributed by atoms with Crippen molar-refractivity contribution in [3.63, 3.8) is 0 Å². The Hall–Kier alpha value is -2.68. The van der Waals surface area contributed by atoms with Gasteiger partial charge in [0.25, 0.3) is 0 Å². The SMILES string of the molecule is CN1c2ccccc2NC1N=NC1=CC=C(N2CCOCCOCCC3=CC3CCOCC2)CC1. The molecule has 1 aromatic carbocycles. The number of fused-ring (bicyclic) bond motifs is 2. The minimum atomic E-state index is -0.171. The molecule has 1 N–H and O–H groups in total. The zero-order chi connectivity index (χ0) is 23.9. The monoisotopic (exact) mass is 479 g/mol. The molecule has 0 bridgehead atoms. The van der Waals surface area contributed by atoms with Crippen LogP contribution in [0.15, 0.2) is 69.7 Å². The second-order valence-corrected chi connectivity index (χ2v) is 9.39. The van der Waals surface area contributed by atoms with Gasteiger partial charge in [0.1, 0.15) is 0 Å². The largest absolute Gasteiger partial charge is 0.380 e. The van der Waals surface area contributed by atoms with Crippen LogP contribution < -0.4 is 10.2 Å². The lowest BCUT2D eigenvalue weighted by atomic mass is 10.1. The van der Waals surface area contributed by atoms with E-state index < -0.39 is 0 Å². The highest BCUT2D eigenvalue weighted by molar-refractivity contribution is 5.75. The molecule has 0 amide bonds. The first-order valence-corrected chi connectivity index (χ1v) is 12.9. The Balaban J connectivity index is 1.14. The van der Waals surface area contributed by atoms with Crippen LogP contribution in [0.5, 0.6) is 0 Å². The maximum absolute atomic E-state index is 5.97. The fourth-order valence-corrected chi connectivity index (χ4v) is 4.79. The first-order valence-electron chi connectivity index (χ1n) is 12.9. The lowest BCUT2D eigenvalue weighted by Gasteiger charge is -2.29. The molecule has 0 saturated carbocycles. The Labute approximate surface area is 208 Å². The Morgan fingerprint density at radius 1 is 0.886 bits per heavy atom. The topological polar surface area (TPSA) is 70.9 Å². The number of nitrogens with one attached hydrogen (secondary N) is 1. The molecule has 0 aromatic heterocycles. The minimum absolute atomic E-state index is 0.171. The highest BCUT2D eigenvalue weighted by Crippen LogP contribution is 2.35. The summed E-state index contributed by atoms with van der Waals surface area (Å²) in [7, 11) is 2.04. The molecule has 2 unspecified atom stereocenters. The number of hydrogen-bond donors (Lipinski definition) is 1. The van der Waals surface area contributed by atoms with E-state index in [9.17, 15) is 0 Å². The van der Waals surface area contributed by atoms with Crippen molar-refractivity contribution in [1.29, 1.82) is 0 Å². The summed E-state index contributed by atoms with van der Waals surface area (Å²) in [5.74, 6) is 0.631. The number of benzene rings is 1. The third-order valence-electron chi connectivity index (χ3n) is 7.02. The van der Waals surface area contributed by atoms with E-state index in [1.54, 1.807) is 0 Å². The quantitative estimate of drug-likeness (QED) is 0.507. The van der Waals surface area contributed by atoms with Crippen molar-refractivity contribution in [2.75, 3.05) is 70.0 Å². The van der Waals surface area contributed by atoms with Crippen LogP contribution in [0.1, 0.15) is 25.7 Å². The molecule has 2 atom stereocenters. The first kappa shape index (κ1) is 24.0. The van der Waals surface area contributed by atoms with Crippen molar-refractivity contribution in [2.24, 2.45) is 16.1 Å². The van der Waals surface area contributed by atoms with Crippen molar-refractivity contribution in [2.45, 2.75) is 32.0 Å². The number of nitrogens with zero attached hydrogens (tertiary/aromatic N) is 4. The summed E-state index contributed by atoms with van der Waals surface area (Å²) >= 11 is 0. The standard InChI is InChI=1S/C27H37N5O3/c1-31-26-5-3-2-4-25(26)28-27(31)30-29-23-6-8-24(9-7-23)32-12-16-33-14-10-21-20-22(21)11-15-34-18-19-35-17-13-32/h2-6,8,20-21,27-28H,7,9-19H2,1H3. The third-order valence-corrected chi connectivity index (χ3v) is 7.02. The summed E-state index contributed by atoms with van der Waals surface area (Å²) in [6.07, 6.45) is 10.4. The Kier molecular flexibility index (Phi) is 8.13. The number of hydrogen-bond acceptors (Lipinski definition) is 8. The molecule has 5 rings (SSSR count). The van der Waals surface area contributed by atoms with Gasteiger partial charge in [0.05, 0.1) is 50.1 Å². The van der Waals surface area contributed by atoms with Gasteiger partial charge in [0.2, 0.25) is 6.29 Å². The Morgan fingerprint density at radius 2 is 1.69 bits per heavy atom. The van der Waals surface area contributed by atoms with Crippen LogP contribution in [0.4, 0.5) is 11.4 Å². The van der Waals surface area contributed by atoms with Gasteiger partial charge in [-0.05, 0) is 50.0 Å². The second-order valence-electron chi connectivity index (χ2n) is 9.39. The lowest BCUT2D eigenvalue weighted by Crippen LogP contribution is -2.31. The van der Waals surface area contributed by atoms with Gasteiger partial charge >= 0.3 is 0 Å². The average molecular weight is 480 g/mol. The maximum atomic E-state index is 5.97. The molecule has 8 nitrogen and oxygen atoms in total. The molecular formula is C27H37N5O3. The van der Waals surface area contributed by atoms with Crippen molar-refractivity contribution in [3.8, 4) is 0 Å². The molecule has 2 aliphatic carbocycles. The normalized spacial score (nSPS) is 26.4. The van der Waals surface area contributed by atoms with Gasteiger partial charge in [-0.3, -0.25) is 0 Å². The number of azo groups is 1. The molecule has 1 saturated heterocycles. The van der Waals surface area contributed by atoms with Gasteiger partial charge in [0, 0.05) is 38.4 Å². The highest BCUT2D eigenvalue weighted by atomic mass is 16.5. The summed E-state index contributed by atoms with van der Waals surface area (Å²) < 4.78 is 17.5. The minimum Gasteiger partial charge on any atom is -0.380 e. The highest BCUT2D eigenvalue weighted by Gasteiger charge is 2.25. The smallest absolute Gasteiger partial charge is 0.216 e. The fraction of sp³-hybridized carbons (Fsp3) is 0.556. The van der Waals surface area contributed by atoms with Gasteiger partial charge < -0.3 is 29.3 Å². The van der Waals surface area contributed by atoms with Gasteiger partial charge in [-0.15, -0.1) is 5.11 Å². The molecule has 0 spiro atoms. The van der Waals surface area contributed by atoms with E-state index >= 15 is 0 Å². The molecule has 2 heterocycles. The van der Waals surface area contributed by atoms with Gasteiger partial charge in [-0.2, -0.15) is 5.11 Å². The van der Waals surface area contributed by atoms with Gasteiger partial charge in [-0.1, -0.05) is 23.8 Å². The number of rotatable bonds is 3. The van der Waals surface area contributed by atoms with Crippen LogP contribution in [-0.4, -0.2) is 71.0 Å². The number of anilines is 2. The summed E-state index contributed by atoms with van der Waals surface area (Å²) in [6, 6.07) is 8.24. The molecule has 2 aliphatic heterocycles. The molecule has 35 heavy (non-hydrogen) atoms. The summed E-state index contributed by atoms with van der Waals surface area (Å²) in [5, 5.41) is 12.5. The molecule has 1 fully saturated rings. The second kappa shape index (κ2) is 11.8. The van der Waals surface area contributed by atoms with Crippen molar-refractivity contribution < 1.29 is 14.2 Å². The Morgan fingerprint density at radius 3 is 2.49 bits per heavy atom. The summed E-state index contributed by atoms with van der Waals surface area (Å²) in [5.41, 5.74) is 6.08. The van der Waals surface area contributed by atoms with Crippen LogP contribution in [0.2, 0.25) is 0 Å². The van der Waals surface area contributed by atoms with Crippen LogP contribution in [0.3, 0.4) is 0 Å². The predicted octanol–water partition coefficient (Wildman–Crippen LogP) is 4.55. The van der Waals surface area contributed by atoms with E-state index in [1.165, 1.54) is 11.3 Å². The van der Waals surface area contributed by atoms with Crippen LogP contribution in [0, 0.1) is 5.92 Å². The van der Waals surface area contributed by atoms with E-state index in [4.69, 9.17) is 14.2 Å². The van der Waals surface area contributed by atoms with Crippen LogP contribution >= 0.6 is 0 Å². The molecule has 8 heteroatoms. The van der Waals surface area contributed by atoms with E-state index in [2.05, 4.69) is 55.7 Å². The predicted molar refractivity (Wildman–Crippen MR) is 137 cm³/mol. The van der Waals surface area contributed by atoms with Crippen LogP contribution in [0.25, 0.3) is 0 Å². The molecule has 1 aromatic rings. The molecule has 4 aliphatic rings. The molecule has 0 radical (unpaired) electrons. The molecular weight excluding hydrogens is 442 g/mol. The summed E-state index contributed by atoms with van der Waals surface area (Å²) in [4.78, 5) is 4.50.